The van der Waals surface area contributed by atoms with Crippen molar-refractivity contribution < 1.29 is 4.79 Å². The van der Waals surface area contributed by atoms with Crippen molar-refractivity contribution in [3.8, 4) is 5.69 Å². The molecule has 0 unspecified atom stereocenters. The summed E-state index contributed by atoms with van der Waals surface area (Å²) in [6, 6.07) is 8.25. The van der Waals surface area contributed by atoms with Crippen molar-refractivity contribution in [2.75, 3.05) is 13.6 Å². The first-order valence-electron chi connectivity index (χ1n) is 6.28. The maximum atomic E-state index is 11.0. The molecule has 19 heavy (non-hydrogen) atoms. The Bertz CT molecular complexity index is 505. The molecule has 0 aliphatic carbocycles. The van der Waals surface area contributed by atoms with E-state index in [0.717, 1.165) is 12.2 Å². The number of benzene rings is 1. The van der Waals surface area contributed by atoms with Gasteiger partial charge in [0.1, 0.15) is 0 Å². The van der Waals surface area contributed by atoms with Crippen molar-refractivity contribution in [3.63, 3.8) is 0 Å². The molecule has 0 bridgehead atoms. The maximum Gasteiger partial charge on any atom is 0.221 e. The van der Waals surface area contributed by atoms with Crippen molar-refractivity contribution in [1.82, 2.24) is 20.2 Å². The number of imidazole rings is 1. The molecule has 5 heteroatoms. The lowest BCUT2D eigenvalue weighted by atomic mass is 10.2. The fraction of sp³-hybridized carbons (Fsp3) is 0.286. The van der Waals surface area contributed by atoms with Crippen LogP contribution in [0.5, 0.6) is 0 Å². The molecule has 0 aliphatic heterocycles. The van der Waals surface area contributed by atoms with Crippen LogP contribution in [0.3, 0.4) is 0 Å². The molecule has 1 amide bonds. The van der Waals surface area contributed by atoms with Gasteiger partial charge < -0.3 is 15.2 Å². The molecule has 1 heterocycles. The van der Waals surface area contributed by atoms with Gasteiger partial charge in [-0.1, -0.05) is 12.1 Å². The minimum Gasteiger partial charge on any atom is -0.359 e. The van der Waals surface area contributed by atoms with Gasteiger partial charge in [-0.2, -0.15) is 0 Å². The fourth-order valence-electron chi connectivity index (χ4n) is 1.76. The third-order valence-electron chi connectivity index (χ3n) is 2.88. The third kappa shape index (κ3) is 3.93. The highest BCUT2D eigenvalue weighted by Crippen LogP contribution is 2.08. The fourth-order valence-corrected chi connectivity index (χ4v) is 1.76. The number of hydrogen-bond donors (Lipinski definition) is 2. The van der Waals surface area contributed by atoms with Crippen LogP contribution >= 0.6 is 0 Å². The molecule has 2 rings (SSSR count). The first-order valence-corrected chi connectivity index (χ1v) is 6.28. The first kappa shape index (κ1) is 13.3. The lowest BCUT2D eigenvalue weighted by Gasteiger charge is -2.06. The van der Waals surface area contributed by atoms with E-state index in [1.54, 1.807) is 19.6 Å². The van der Waals surface area contributed by atoms with Crippen LogP contribution in [0.15, 0.2) is 43.0 Å². The van der Waals surface area contributed by atoms with Crippen LogP contribution in [-0.4, -0.2) is 29.1 Å². The van der Waals surface area contributed by atoms with Crippen LogP contribution in [0.4, 0.5) is 0 Å². The Morgan fingerprint density at radius 1 is 1.32 bits per heavy atom. The molecule has 100 valence electrons. The van der Waals surface area contributed by atoms with E-state index in [1.165, 1.54) is 5.56 Å². The van der Waals surface area contributed by atoms with Crippen LogP contribution in [0.2, 0.25) is 0 Å². The smallest absolute Gasteiger partial charge is 0.221 e. The average Bonchev–Trinajstić information content (AvgIpc) is 2.98. The van der Waals surface area contributed by atoms with Crippen LogP contribution < -0.4 is 10.6 Å². The Balaban J connectivity index is 1.81. The summed E-state index contributed by atoms with van der Waals surface area (Å²) in [5.41, 5.74) is 2.28. The standard InChI is InChI=1S/C14H18N4O/c1-15-14(19)6-7-16-10-12-2-4-13(5-3-12)18-9-8-17-11-18/h2-5,8-9,11,16H,6-7,10H2,1H3,(H,15,19). The van der Waals surface area contributed by atoms with E-state index in [1.807, 2.05) is 10.8 Å². The molecule has 0 atom stereocenters. The zero-order valence-corrected chi connectivity index (χ0v) is 11.0. The van der Waals surface area contributed by atoms with E-state index >= 15 is 0 Å². The number of hydrogen-bond acceptors (Lipinski definition) is 3. The number of carbonyl (C=O) groups is 1. The summed E-state index contributed by atoms with van der Waals surface area (Å²) in [6.45, 7) is 1.45. The quantitative estimate of drug-likeness (QED) is 0.763. The highest BCUT2D eigenvalue weighted by atomic mass is 16.1. The zero-order valence-electron chi connectivity index (χ0n) is 11.0. The van der Waals surface area contributed by atoms with E-state index in [2.05, 4.69) is 39.9 Å². The Hall–Kier alpha value is -2.14. The summed E-state index contributed by atoms with van der Waals surface area (Å²) in [6.07, 6.45) is 5.95. The Kier molecular flexibility index (Phi) is 4.69. The largest absolute Gasteiger partial charge is 0.359 e. The highest BCUT2D eigenvalue weighted by molar-refractivity contribution is 5.75. The van der Waals surface area contributed by atoms with Crippen molar-refractivity contribution in [2.45, 2.75) is 13.0 Å². The Labute approximate surface area is 112 Å². The average molecular weight is 258 g/mol. The molecule has 1 aromatic carbocycles. The Morgan fingerprint density at radius 2 is 2.11 bits per heavy atom. The third-order valence-corrected chi connectivity index (χ3v) is 2.88. The molecule has 0 aliphatic rings. The maximum absolute atomic E-state index is 11.0. The lowest BCUT2D eigenvalue weighted by molar-refractivity contribution is -0.120. The van der Waals surface area contributed by atoms with Crippen molar-refractivity contribution in [3.05, 3.63) is 48.5 Å². The summed E-state index contributed by atoms with van der Waals surface area (Å²) < 4.78 is 1.96. The van der Waals surface area contributed by atoms with E-state index in [-0.39, 0.29) is 5.91 Å². The van der Waals surface area contributed by atoms with Crippen LogP contribution in [0, 0.1) is 0 Å². The summed E-state index contributed by atoms with van der Waals surface area (Å²) in [5.74, 6) is 0.0583. The predicted molar refractivity (Wildman–Crippen MR) is 74.0 cm³/mol. The predicted octanol–water partition coefficient (Wildman–Crippen LogP) is 1.10. The molecular weight excluding hydrogens is 240 g/mol. The second-order valence-corrected chi connectivity index (χ2v) is 4.24. The zero-order chi connectivity index (χ0) is 13.5. The first-order chi connectivity index (χ1) is 9.29. The van der Waals surface area contributed by atoms with Crippen molar-refractivity contribution >= 4 is 5.91 Å². The van der Waals surface area contributed by atoms with Gasteiger partial charge in [0, 0.05) is 44.6 Å². The van der Waals surface area contributed by atoms with Gasteiger partial charge in [-0.3, -0.25) is 4.79 Å². The second-order valence-electron chi connectivity index (χ2n) is 4.24. The van der Waals surface area contributed by atoms with Gasteiger partial charge in [0.05, 0.1) is 6.33 Å². The molecule has 2 N–H and O–H groups in total. The van der Waals surface area contributed by atoms with Crippen molar-refractivity contribution in [1.29, 1.82) is 0 Å². The van der Waals surface area contributed by atoms with E-state index in [4.69, 9.17) is 0 Å². The van der Waals surface area contributed by atoms with Gasteiger partial charge in [0.15, 0.2) is 0 Å². The van der Waals surface area contributed by atoms with Gasteiger partial charge in [-0.25, -0.2) is 4.98 Å². The monoisotopic (exact) mass is 258 g/mol. The molecular formula is C14H18N4O. The SMILES string of the molecule is CNC(=O)CCNCc1ccc(-n2ccnc2)cc1. The Morgan fingerprint density at radius 3 is 2.74 bits per heavy atom. The van der Waals surface area contributed by atoms with Crippen LogP contribution in [-0.2, 0) is 11.3 Å². The van der Waals surface area contributed by atoms with Gasteiger partial charge in [0.2, 0.25) is 5.91 Å². The number of aromatic nitrogens is 2. The normalized spacial score (nSPS) is 10.4. The summed E-state index contributed by atoms with van der Waals surface area (Å²) in [7, 11) is 1.65. The molecule has 5 nitrogen and oxygen atoms in total. The van der Waals surface area contributed by atoms with Crippen LogP contribution in [0.1, 0.15) is 12.0 Å². The highest BCUT2D eigenvalue weighted by Gasteiger charge is 1.98. The van der Waals surface area contributed by atoms with Gasteiger partial charge >= 0.3 is 0 Å². The molecule has 0 fully saturated rings. The van der Waals surface area contributed by atoms with Gasteiger partial charge in [-0.05, 0) is 17.7 Å². The van der Waals surface area contributed by atoms with Crippen LogP contribution in [0.25, 0.3) is 5.69 Å². The van der Waals surface area contributed by atoms with E-state index in [0.29, 0.717) is 13.0 Å². The molecule has 0 saturated heterocycles. The topological polar surface area (TPSA) is 59.0 Å². The van der Waals surface area contributed by atoms with Gasteiger partial charge in [0.25, 0.3) is 0 Å². The summed E-state index contributed by atoms with van der Waals surface area (Å²) in [4.78, 5) is 15.1. The molecule has 0 radical (unpaired) electrons. The minimum atomic E-state index is 0.0583. The minimum absolute atomic E-state index is 0.0583. The molecule has 0 spiro atoms. The number of nitrogens with one attached hydrogen (secondary N) is 2. The number of carbonyl (C=O) groups excluding carboxylic acids is 1. The number of rotatable bonds is 6. The summed E-state index contributed by atoms with van der Waals surface area (Å²) >= 11 is 0. The summed E-state index contributed by atoms with van der Waals surface area (Å²) in [5, 5.41) is 5.84. The van der Waals surface area contributed by atoms with E-state index in [9.17, 15) is 4.79 Å². The number of amides is 1. The van der Waals surface area contributed by atoms with E-state index < -0.39 is 0 Å². The molecule has 2 aromatic rings. The van der Waals surface area contributed by atoms with Gasteiger partial charge in [-0.15, -0.1) is 0 Å². The second kappa shape index (κ2) is 6.70. The molecule has 0 saturated carbocycles. The number of nitrogens with zero attached hydrogens (tertiary/aromatic N) is 2. The van der Waals surface area contributed by atoms with Crippen molar-refractivity contribution in [2.24, 2.45) is 0 Å². The lowest BCUT2D eigenvalue weighted by Crippen LogP contribution is -2.24. The molecule has 1 aromatic heterocycles.